The first-order valence-corrected chi connectivity index (χ1v) is 9.10. The van der Waals surface area contributed by atoms with Crippen molar-refractivity contribution in [3.63, 3.8) is 0 Å². The normalized spacial score (nSPS) is 14.2. The number of nitrogens with zero attached hydrogens (tertiary/aromatic N) is 2. The van der Waals surface area contributed by atoms with E-state index in [-0.39, 0.29) is 16.9 Å². The number of aromatic nitrogens is 1. The summed E-state index contributed by atoms with van der Waals surface area (Å²) >= 11 is 0. The Bertz CT molecular complexity index is 1050. The number of aliphatic hydroxyl groups is 1. The quantitative estimate of drug-likeness (QED) is 0.396. The van der Waals surface area contributed by atoms with Crippen molar-refractivity contribution in [1.29, 1.82) is 0 Å². The number of ether oxygens (including phenoxy) is 1. The van der Waals surface area contributed by atoms with E-state index in [9.17, 15) is 37.6 Å². The summed E-state index contributed by atoms with van der Waals surface area (Å²) in [6.45, 7) is 2.72. The molecule has 1 aromatic heterocycles. The molecule has 0 aliphatic carbocycles. The molecule has 2 aromatic rings. The molecule has 7 nitrogen and oxygen atoms in total. The Morgan fingerprint density at radius 3 is 2.35 bits per heavy atom. The lowest BCUT2D eigenvalue weighted by Crippen LogP contribution is -2.53. The van der Waals surface area contributed by atoms with Gasteiger partial charge in [-0.05, 0) is 43.0 Å². The number of benzene rings is 1. The predicted octanol–water partition coefficient (Wildman–Crippen LogP) is 3.87. The van der Waals surface area contributed by atoms with Crippen LogP contribution >= 0.6 is 0 Å². The molecule has 0 saturated carbocycles. The van der Waals surface area contributed by atoms with Gasteiger partial charge in [0.25, 0.3) is 0 Å². The number of methoxy groups -OCH3 is 1. The monoisotopic (exact) mass is 446 g/mol. The average molecular weight is 446 g/mol. The van der Waals surface area contributed by atoms with Crippen molar-refractivity contribution >= 4 is 5.69 Å². The Kier molecular flexibility index (Phi) is 6.51. The van der Waals surface area contributed by atoms with Gasteiger partial charge >= 0.3 is 17.4 Å². The summed E-state index contributed by atoms with van der Waals surface area (Å²) < 4.78 is 61.3. The molecule has 1 atom stereocenters. The van der Waals surface area contributed by atoms with E-state index in [0.717, 1.165) is 24.4 Å². The molecule has 0 amide bonds. The smallest absolute Gasteiger partial charge is 0.418 e. The molecule has 0 spiro atoms. The molecule has 0 radical (unpaired) electrons. The van der Waals surface area contributed by atoms with Crippen molar-refractivity contribution in [2.75, 3.05) is 7.11 Å². The van der Waals surface area contributed by atoms with Crippen LogP contribution in [0.4, 0.5) is 23.2 Å². The second-order valence-corrected chi connectivity index (χ2v) is 7.97. The van der Waals surface area contributed by atoms with Gasteiger partial charge in [-0.25, -0.2) is 4.39 Å². The van der Waals surface area contributed by atoms with Gasteiger partial charge in [0.15, 0.2) is 5.60 Å². The summed E-state index contributed by atoms with van der Waals surface area (Å²) in [4.78, 5) is 22.5. The standard InChI is InChI=1S/C20H22F4N2O5/c1-12-7-8-25(17(27)16(12)26(29)30)11-19(28,20(22,23)24)10-18(2,3)14-9-13(21)5-6-15(14)31-4/h5-9,28H,10-11H2,1-4H3. The van der Waals surface area contributed by atoms with Crippen LogP contribution in [0.1, 0.15) is 31.4 Å². The highest BCUT2D eigenvalue weighted by atomic mass is 19.4. The van der Waals surface area contributed by atoms with Crippen LogP contribution in [0, 0.1) is 22.9 Å². The van der Waals surface area contributed by atoms with Gasteiger partial charge in [0.2, 0.25) is 0 Å². The van der Waals surface area contributed by atoms with E-state index in [1.54, 1.807) is 0 Å². The van der Waals surface area contributed by atoms with Crippen LogP contribution in [0.2, 0.25) is 0 Å². The first-order chi connectivity index (χ1) is 14.1. The molecule has 1 unspecified atom stereocenters. The molecule has 0 aliphatic heterocycles. The third kappa shape index (κ3) is 4.87. The van der Waals surface area contributed by atoms with Gasteiger partial charge in [0.05, 0.1) is 18.6 Å². The number of rotatable bonds is 7. The highest BCUT2D eigenvalue weighted by molar-refractivity contribution is 5.40. The van der Waals surface area contributed by atoms with Crippen LogP contribution in [-0.2, 0) is 12.0 Å². The zero-order chi connectivity index (χ0) is 23.8. The molecule has 0 saturated heterocycles. The fourth-order valence-electron chi connectivity index (χ4n) is 3.56. The minimum absolute atomic E-state index is 0.0216. The zero-order valence-electron chi connectivity index (χ0n) is 17.3. The van der Waals surface area contributed by atoms with Gasteiger partial charge in [0, 0.05) is 17.3 Å². The largest absolute Gasteiger partial charge is 0.496 e. The maximum Gasteiger partial charge on any atom is 0.418 e. The van der Waals surface area contributed by atoms with Crippen molar-refractivity contribution in [2.45, 2.75) is 50.9 Å². The molecule has 1 aromatic carbocycles. The lowest BCUT2D eigenvalue weighted by molar-refractivity contribution is -0.387. The van der Waals surface area contributed by atoms with E-state index in [1.165, 1.54) is 33.9 Å². The van der Waals surface area contributed by atoms with Crippen molar-refractivity contribution in [1.82, 2.24) is 4.57 Å². The van der Waals surface area contributed by atoms with Gasteiger partial charge in [-0.2, -0.15) is 13.2 Å². The third-order valence-corrected chi connectivity index (χ3v) is 5.11. The maximum absolute atomic E-state index is 14.0. The number of pyridine rings is 1. The summed E-state index contributed by atoms with van der Waals surface area (Å²) in [6.07, 6.45) is -5.22. The maximum atomic E-state index is 14.0. The molecule has 0 bridgehead atoms. The summed E-state index contributed by atoms with van der Waals surface area (Å²) in [5.74, 6) is -0.580. The molecule has 170 valence electrons. The van der Waals surface area contributed by atoms with Crippen molar-refractivity contribution < 1.29 is 32.3 Å². The fourth-order valence-corrected chi connectivity index (χ4v) is 3.56. The molecule has 2 rings (SSSR count). The Balaban J connectivity index is 2.57. The Hall–Kier alpha value is -2.95. The fraction of sp³-hybridized carbons (Fsp3) is 0.450. The van der Waals surface area contributed by atoms with Crippen LogP contribution < -0.4 is 10.3 Å². The van der Waals surface area contributed by atoms with Gasteiger partial charge < -0.3 is 14.4 Å². The van der Waals surface area contributed by atoms with Crippen molar-refractivity contribution in [2.24, 2.45) is 0 Å². The Morgan fingerprint density at radius 1 is 1.23 bits per heavy atom. The third-order valence-electron chi connectivity index (χ3n) is 5.11. The minimum Gasteiger partial charge on any atom is -0.496 e. The lowest BCUT2D eigenvalue weighted by atomic mass is 9.74. The zero-order valence-corrected chi connectivity index (χ0v) is 17.3. The van der Waals surface area contributed by atoms with Gasteiger partial charge in [-0.1, -0.05) is 13.8 Å². The SMILES string of the molecule is COc1ccc(F)cc1C(C)(C)CC(O)(Cn1ccc(C)c([N+](=O)[O-])c1=O)C(F)(F)F. The Labute approximate surface area is 175 Å². The van der Waals surface area contributed by atoms with Crippen molar-refractivity contribution in [3.8, 4) is 5.75 Å². The number of hydrogen-bond donors (Lipinski definition) is 1. The lowest BCUT2D eigenvalue weighted by Gasteiger charge is -2.38. The predicted molar refractivity (Wildman–Crippen MR) is 104 cm³/mol. The van der Waals surface area contributed by atoms with E-state index in [4.69, 9.17) is 4.74 Å². The van der Waals surface area contributed by atoms with Crippen LogP contribution in [0.3, 0.4) is 0 Å². The van der Waals surface area contributed by atoms with Gasteiger partial charge in [-0.15, -0.1) is 0 Å². The van der Waals surface area contributed by atoms with E-state index >= 15 is 0 Å². The second kappa shape index (κ2) is 8.29. The summed E-state index contributed by atoms with van der Waals surface area (Å²) in [6, 6.07) is 4.47. The summed E-state index contributed by atoms with van der Waals surface area (Å²) in [7, 11) is 1.27. The first-order valence-electron chi connectivity index (χ1n) is 9.10. The number of hydrogen-bond acceptors (Lipinski definition) is 5. The number of aryl methyl sites for hydroxylation is 1. The van der Waals surface area contributed by atoms with Crippen LogP contribution in [0.15, 0.2) is 35.3 Å². The van der Waals surface area contributed by atoms with Gasteiger partial charge in [0.1, 0.15) is 11.6 Å². The Morgan fingerprint density at radius 2 is 1.84 bits per heavy atom. The second-order valence-electron chi connectivity index (χ2n) is 7.97. The van der Waals surface area contributed by atoms with Crippen LogP contribution in [0.25, 0.3) is 0 Å². The number of alkyl halides is 3. The molecule has 0 fully saturated rings. The number of halogens is 4. The first kappa shape index (κ1) is 24.3. The molecule has 1 heterocycles. The molecule has 1 N–H and O–H groups in total. The number of nitro groups is 1. The van der Waals surface area contributed by atoms with Gasteiger partial charge in [-0.3, -0.25) is 14.9 Å². The molecule has 11 heteroatoms. The molecule has 31 heavy (non-hydrogen) atoms. The van der Waals surface area contributed by atoms with Crippen LogP contribution in [-0.4, -0.2) is 33.5 Å². The van der Waals surface area contributed by atoms with Crippen molar-refractivity contribution in [3.05, 3.63) is 67.9 Å². The van der Waals surface area contributed by atoms with E-state index in [1.807, 2.05) is 0 Å². The van der Waals surface area contributed by atoms with E-state index in [2.05, 4.69) is 0 Å². The summed E-state index contributed by atoms with van der Waals surface area (Å²) in [5.41, 5.74) is -7.00. The van der Waals surface area contributed by atoms with E-state index < -0.39 is 52.1 Å². The molecular formula is C20H22F4N2O5. The molecule has 0 aliphatic rings. The average Bonchev–Trinajstić information content (AvgIpc) is 2.62. The van der Waals surface area contributed by atoms with Crippen LogP contribution in [0.5, 0.6) is 5.75 Å². The topological polar surface area (TPSA) is 94.6 Å². The highest BCUT2D eigenvalue weighted by Gasteiger charge is 2.56. The minimum atomic E-state index is -5.20. The summed E-state index contributed by atoms with van der Waals surface area (Å²) in [5, 5.41) is 21.8. The highest BCUT2D eigenvalue weighted by Crippen LogP contribution is 2.44. The van der Waals surface area contributed by atoms with E-state index in [0.29, 0.717) is 4.57 Å². The molecular weight excluding hydrogens is 424 g/mol.